The van der Waals surface area contributed by atoms with Gasteiger partial charge in [0.05, 0.1) is 17.3 Å². The topological polar surface area (TPSA) is 71.9 Å². The minimum Gasteiger partial charge on any atom is -0.273 e. The highest BCUT2D eigenvalue weighted by Gasteiger charge is 2.45. The standard InChI is InChI=1S/C20H19N5O/c1-12-7-18(24-23-9-12)25-17-8-14(15-10-21-13(2)22-11-15)5-6-16(17)20(3,4)19(25)26/h5-11H,1-4H3. The van der Waals surface area contributed by atoms with E-state index in [1.165, 1.54) is 0 Å². The number of fused-ring (bicyclic) bond motifs is 1. The second-order valence-electron chi connectivity index (χ2n) is 7.11. The lowest BCUT2D eigenvalue weighted by Crippen LogP contribution is -2.33. The van der Waals surface area contributed by atoms with Crippen LogP contribution in [-0.2, 0) is 10.2 Å². The molecule has 0 fully saturated rings. The van der Waals surface area contributed by atoms with Crippen LogP contribution in [0.1, 0.15) is 30.8 Å². The van der Waals surface area contributed by atoms with Gasteiger partial charge in [0.1, 0.15) is 5.82 Å². The second-order valence-corrected chi connectivity index (χ2v) is 7.11. The van der Waals surface area contributed by atoms with Crippen molar-refractivity contribution in [3.63, 3.8) is 0 Å². The Kier molecular flexibility index (Phi) is 3.57. The molecule has 6 heteroatoms. The van der Waals surface area contributed by atoms with E-state index in [1.54, 1.807) is 23.5 Å². The van der Waals surface area contributed by atoms with Crippen molar-refractivity contribution in [3.8, 4) is 11.1 Å². The van der Waals surface area contributed by atoms with E-state index in [0.717, 1.165) is 33.8 Å². The Morgan fingerprint density at radius 2 is 1.69 bits per heavy atom. The second kappa shape index (κ2) is 5.69. The third kappa shape index (κ3) is 2.45. The van der Waals surface area contributed by atoms with Crippen LogP contribution >= 0.6 is 0 Å². The molecule has 0 atom stereocenters. The number of carbonyl (C=O) groups is 1. The summed E-state index contributed by atoms with van der Waals surface area (Å²) in [6, 6.07) is 7.89. The Balaban J connectivity index is 1.89. The maximum Gasteiger partial charge on any atom is 0.242 e. The Bertz CT molecular complexity index is 1010. The highest BCUT2D eigenvalue weighted by molar-refractivity contribution is 6.12. The van der Waals surface area contributed by atoms with Crippen molar-refractivity contribution in [1.29, 1.82) is 0 Å². The van der Waals surface area contributed by atoms with Gasteiger partial charge < -0.3 is 0 Å². The molecule has 1 aliphatic rings. The van der Waals surface area contributed by atoms with Crippen LogP contribution in [0.5, 0.6) is 0 Å². The number of anilines is 2. The number of hydrogen-bond donors (Lipinski definition) is 0. The molecule has 0 saturated heterocycles. The zero-order valence-electron chi connectivity index (χ0n) is 15.2. The number of carbonyl (C=O) groups excluding carboxylic acids is 1. The molecule has 0 spiro atoms. The van der Waals surface area contributed by atoms with E-state index in [1.807, 2.05) is 52.0 Å². The van der Waals surface area contributed by atoms with Crippen LogP contribution in [0.25, 0.3) is 11.1 Å². The van der Waals surface area contributed by atoms with Gasteiger partial charge >= 0.3 is 0 Å². The molecule has 6 nitrogen and oxygen atoms in total. The van der Waals surface area contributed by atoms with Gasteiger partial charge in [-0.3, -0.25) is 9.69 Å². The van der Waals surface area contributed by atoms with Gasteiger partial charge in [-0.1, -0.05) is 12.1 Å². The smallest absolute Gasteiger partial charge is 0.242 e. The van der Waals surface area contributed by atoms with E-state index < -0.39 is 5.41 Å². The first-order chi connectivity index (χ1) is 12.4. The van der Waals surface area contributed by atoms with E-state index in [2.05, 4.69) is 20.2 Å². The average Bonchev–Trinajstić information content (AvgIpc) is 2.81. The summed E-state index contributed by atoms with van der Waals surface area (Å²) in [5, 5.41) is 8.19. The zero-order chi connectivity index (χ0) is 18.5. The number of nitrogens with zero attached hydrogens (tertiary/aromatic N) is 5. The van der Waals surface area contributed by atoms with Crippen LogP contribution in [0.4, 0.5) is 11.5 Å². The highest BCUT2D eigenvalue weighted by Crippen LogP contribution is 2.46. The SMILES string of the molecule is Cc1cnnc(N2C(=O)C(C)(C)c3ccc(-c4cnc(C)nc4)cc32)c1. The van der Waals surface area contributed by atoms with E-state index in [9.17, 15) is 4.79 Å². The first-order valence-electron chi connectivity index (χ1n) is 8.45. The van der Waals surface area contributed by atoms with Gasteiger partial charge in [0.2, 0.25) is 5.91 Å². The molecule has 3 heterocycles. The van der Waals surface area contributed by atoms with E-state index in [4.69, 9.17) is 0 Å². The maximum atomic E-state index is 13.1. The fourth-order valence-electron chi connectivity index (χ4n) is 3.26. The van der Waals surface area contributed by atoms with Crippen molar-refractivity contribution in [1.82, 2.24) is 20.2 Å². The molecule has 0 radical (unpaired) electrons. The first kappa shape index (κ1) is 16.3. The van der Waals surface area contributed by atoms with Crippen molar-refractivity contribution in [2.24, 2.45) is 0 Å². The van der Waals surface area contributed by atoms with E-state index >= 15 is 0 Å². The van der Waals surface area contributed by atoms with E-state index in [-0.39, 0.29) is 5.91 Å². The lowest BCUT2D eigenvalue weighted by molar-refractivity contribution is -0.121. The number of hydrogen-bond acceptors (Lipinski definition) is 5. The lowest BCUT2D eigenvalue weighted by atomic mass is 9.85. The van der Waals surface area contributed by atoms with Crippen molar-refractivity contribution in [2.75, 3.05) is 4.90 Å². The molecule has 1 aliphatic heterocycles. The van der Waals surface area contributed by atoms with Crippen LogP contribution in [0.2, 0.25) is 0 Å². The van der Waals surface area contributed by atoms with Crippen LogP contribution < -0.4 is 4.90 Å². The summed E-state index contributed by atoms with van der Waals surface area (Å²) in [7, 11) is 0. The summed E-state index contributed by atoms with van der Waals surface area (Å²) in [6.07, 6.45) is 5.27. The predicted molar refractivity (Wildman–Crippen MR) is 99.1 cm³/mol. The number of aromatic nitrogens is 4. The molecule has 4 rings (SSSR count). The fraction of sp³-hybridized carbons (Fsp3) is 0.250. The monoisotopic (exact) mass is 345 g/mol. The fourth-order valence-corrected chi connectivity index (χ4v) is 3.26. The Hall–Kier alpha value is -3.15. The minimum absolute atomic E-state index is 0.00953. The highest BCUT2D eigenvalue weighted by atomic mass is 16.2. The summed E-state index contributed by atoms with van der Waals surface area (Å²) in [5.41, 5.74) is 4.01. The predicted octanol–water partition coefficient (Wildman–Crippen LogP) is 3.51. The van der Waals surface area contributed by atoms with Crippen LogP contribution in [0, 0.1) is 13.8 Å². The Labute approximate surface area is 151 Å². The molecule has 0 unspecified atom stereocenters. The molecule has 0 saturated carbocycles. The van der Waals surface area contributed by atoms with Gasteiger partial charge in [0, 0.05) is 18.0 Å². The summed E-state index contributed by atoms with van der Waals surface area (Å²) in [5.74, 6) is 1.26. The first-order valence-corrected chi connectivity index (χ1v) is 8.45. The van der Waals surface area contributed by atoms with Gasteiger partial charge in [-0.25, -0.2) is 9.97 Å². The van der Waals surface area contributed by atoms with Crippen LogP contribution in [0.3, 0.4) is 0 Å². The summed E-state index contributed by atoms with van der Waals surface area (Å²) >= 11 is 0. The molecule has 26 heavy (non-hydrogen) atoms. The van der Waals surface area contributed by atoms with E-state index in [0.29, 0.717) is 5.82 Å². The largest absolute Gasteiger partial charge is 0.273 e. The average molecular weight is 345 g/mol. The summed E-state index contributed by atoms with van der Waals surface area (Å²) in [4.78, 5) is 23.3. The molecular weight excluding hydrogens is 326 g/mol. The molecule has 1 amide bonds. The minimum atomic E-state index is -0.622. The number of amides is 1. The Morgan fingerprint density at radius 3 is 2.38 bits per heavy atom. The summed E-state index contributed by atoms with van der Waals surface area (Å²) < 4.78 is 0. The number of rotatable bonds is 2. The normalized spacial score (nSPS) is 15.2. The van der Waals surface area contributed by atoms with Gasteiger partial charge in [-0.15, -0.1) is 5.10 Å². The number of aryl methyl sites for hydroxylation is 2. The summed E-state index contributed by atoms with van der Waals surface area (Å²) in [6.45, 7) is 7.66. The third-order valence-corrected chi connectivity index (χ3v) is 4.77. The van der Waals surface area contributed by atoms with Crippen molar-refractivity contribution >= 4 is 17.4 Å². The number of benzene rings is 1. The zero-order valence-corrected chi connectivity index (χ0v) is 15.2. The van der Waals surface area contributed by atoms with Crippen LogP contribution in [-0.4, -0.2) is 26.1 Å². The van der Waals surface area contributed by atoms with Gasteiger partial charge in [0.15, 0.2) is 5.82 Å². The molecule has 130 valence electrons. The van der Waals surface area contributed by atoms with Crippen molar-refractivity contribution in [2.45, 2.75) is 33.1 Å². The lowest BCUT2D eigenvalue weighted by Gasteiger charge is -2.19. The third-order valence-electron chi connectivity index (χ3n) is 4.77. The van der Waals surface area contributed by atoms with Crippen LogP contribution in [0.15, 0.2) is 42.9 Å². The maximum absolute atomic E-state index is 13.1. The molecule has 0 bridgehead atoms. The van der Waals surface area contributed by atoms with Crippen molar-refractivity contribution < 1.29 is 4.79 Å². The van der Waals surface area contributed by atoms with Gasteiger partial charge in [-0.2, -0.15) is 5.10 Å². The molecule has 0 aliphatic carbocycles. The van der Waals surface area contributed by atoms with Gasteiger partial charge in [-0.05, 0) is 56.5 Å². The Morgan fingerprint density at radius 1 is 0.962 bits per heavy atom. The quantitative estimate of drug-likeness (QED) is 0.711. The van der Waals surface area contributed by atoms with Crippen molar-refractivity contribution in [3.05, 3.63) is 59.8 Å². The molecular formula is C20H19N5O. The molecule has 2 aromatic heterocycles. The molecule has 3 aromatic rings. The molecule has 0 N–H and O–H groups in total. The van der Waals surface area contributed by atoms with Gasteiger partial charge in [0.25, 0.3) is 0 Å². The molecule has 1 aromatic carbocycles.